The molecule has 2 aromatic carbocycles. The van der Waals surface area contributed by atoms with E-state index in [1.807, 2.05) is 13.8 Å². The number of rotatable bonds is 8. The summed E-state index contributed by atoms with van der Waals surface area (Å²) in [5, 5.41) is 12.9. The summed E-state index contributed by atoms with van der Waals surface area (Å²) >= 11 is 0. The molecule has 40 heavy (non-hydrogen) atoms. The van der Waals surface area contributed by atoms with Crippen LogP contribution in [0, 0.1) is 18.8 Å². The van der Waals surface area contributed by atoms with Gasteiger partial charge in [-0.05, 0) is 51.0 Å². The topological polar surface area (TPSA) is 116 Å². The predicted octanol–water partition coefficient (Wildman–Crippen LogP) is 4.05. The van der Waals surface area contributed by atoms with Crippen LogP contribution < -0.4 is 10.1 Å². The Morgan fingerprint density at radius 3 is 2.48 bits per heavy atom. The van der Waals surface area contributed by atoms with E-state index in [2.05, 4.69) is 5.32 Å². The number of sulfonamides is 1. The van der Waals surface area contributed by atoms with Gasteiger partial charge < -0.3 is 20.1 Å². The average molecular weight is 572 g/mol. The number of para-hydroxylation sites is 1. The van der Waals surface area contributed by atoms with Crippen molar-refractivity contribution in [1.82, 2.24) is 9.21 Å². The van der Waals surface area contributed by atoms with E-state index in [1.165, 1.54) is 11.4 Å². The molecule has 0 unspecified atom stereocenters. The summed E-state index contributed by atoms with van der Waals surface area (Å²) < 4.78 is 34.6. The molecule has 1 fully saturated rings. The number of aliphatic hydroxyl groups excluding tert-OH is 1. The lowest BCUT2D eigenvalue weighted by Gasteiger charge is -2.38. The number of carbonyl (C=O) groups is 2. The highest BCUT2D eigenvalue weighted by atomic mass is 32.2. The van der Waals surface area contributed by atoms with E-state index in [-0.39, 0.29) is 59.6 Å². The zero-order valence-electron chi connectivity index (χ0n) is 23.8. The highest BCUT2D eigenvalue weighted by Gasteiger charge is 2.36. The molecule has 0 bridgehead atoms. The van der Waals surface area contributed by atoms with Crippen molar-refractivity contribution in [2.45, 2.75) is 69.9 Å². The Morgan fingerprint density at radius 2 is 1.82 bits per heavy atom. The molecule has 1 aliphatic carbocycles. The van der Waals surface area contributed by atoms with Crippen LogP contribution in [-0.4, -0.2) is 73.4 Å². The fourth-order valence-electron chi connectivity index (χ4n) is 5.40. The molecule has 10 heteroatoms. The van der Waals surface area contributed by atoms with E-state index >= 15 is 0 Å². The minimum absolute atomic E-state index is 0.0251. The summed E-state index contributed by atoms with van der Waals surface area (Å²) in [6, 6.07) is 11.3. The molecular formula is C30H41N3O6S. The zero-order chi connectivity index (χ0) is 29.0. The number of carbonyl (C=O) groups excluding carboxylic acids is 2. The van der Waals surface area contributed by atoms with Gasteiger partial charge in [0.1, 0.15) is 6.10 Å². The molecular weight excluding hydrogens is 530 g/mol. The third kappa shape index (κ3) is 6.50. The maximum Gasteiger partial charge on any atom is 0.258 e. The fourth-order valence-corrected chi connectivity index (χ4v) is 6.58. The number of nitrogens with one attached hydrogen (secondary N) is 1. The first-order chi connectivity index (χ1) is 19.0. The Morgan fingerprint density at radius 1 is 1.15 bits per heavy atom. The van der Waals surface area contributed by atoms with E-state index in [9.17, 15) is 23.1 Å². The highest BCUT2D eigenvalue weighted by Crippen LogP contribution is 2.36. The smallest absolute Gasteiger partial charge is 0.258 e. The normalized spacial score (nSPS) is 21.2. The Balaban J connectivity index is 1.69. The van der Waals surface area contributed by atoms with Crippen LogP contribution in [0.3, 0.4) is 0 Å². The predicted molar refractivity (Wildman–Crippen MR) is 154 cm³/mol. The molecule has 0 aromatic heterocycles. The van der Waals surface area contributed by atoms with Crippen molar-refractivity contribution < 1.29 is 27.9 Å². The molecule has 0 radical (unpaired) electrons. The molecule has 9 nitrogen and oxygen atoms in total. The van der Waals surface area contributed by atoms with Crippen molar-refractivity contribution >= 4 is 27.5 Å². The molecule has 4 rings (SSSR count). The summed E-state index contributed by atoms with van der Waals surface area (Å²) in [7, 11) is -2.29. The van der Waals surface area contributed by atoms with Gasteiger partial charge in [0.2, 0.25) is 15.9 Å². The number of likely N-dealkylation sites (N-methyl/N-ethyl adjacent to an activating group) is 1. The zero-order valence-corrected chi connectivity index (χ0v) is 24.6. The van der Waals surface area contributed by atoms with E-state index in [0.717, 1.165) is 37.7 Å². The summed E-state index contributed by atoms with van der Waals surface area (Å²) in [6.45, 7) is 5.63. The van der Waals surface area contributed by atoms with Crippen molar-refractivity contribution in [3.8, 4) is 5.75 Å². The molecule has 2 N–H and O–H groups in total. The van der Waals surface area contributed by atoms with Crippen LogP contribution >= 0.6 is 0 Å². The second-order valence-electron chi connectivity index (χ2n) is 11.2. The van der Waals surface area contributed by atoms with Gasteiger partial charge in [0.25, 0.3) is 5.91 Å². The maximum absolute atomic E-state index is 13.7. The van der Waals surface area contributed by atoms with Crippen molar-refractivity contribution in [1.29, 1.82) is 0 Å². The lowest BCUT2D eigenvalue weighted by atomic mass is 9.88. The lowest BCUT2D eigenvalue weighted by molar-refractivity contribution is -0.120. The Bertz CT molecular complexity index is 1310. The van der Waals surface area contributed by atoms with Gasteiger partial charge in [-0.25, -0.2) is 8.42 Å². The summed E-state index contributed by atoms with van der Waals surface area (Å²) in [6.07, 6.45) is 4.15. The first kappa shape index (κ1) is 30.0. The van der Waals surface area contributed by atoms with Gasteiger partial charge >= 0.3 is 0 Å². The van der Waals surface area contributed by atoms with Crippen LogP contribution in [-0.2, 0) is 14.8 Å². The second kappa shape index (κ2) is 12.7. The van der Waals surface area contributed by atoms with Crippen LogP contribution in [0.25, 0.3) is 0 Å². The Labute approximate surface area is 237 Å². The van der Waals surface area contributed by atoms with Gasteiger partial charge in [0.05, 0.1) is 35.3 Å². The molecule has 1 aliphatic heterocycles. The van der Waals surface area contributed by atoms with Crippen LogP contribution in [0.1, 0.15) is 61.9 Å². The third-order valence-corrected chi connectivity index (χ3v) is 9.93. The number of fused-ring (bicyclic) bond motifs is 1. The van der Waals surface area contributed by atoms with E-state index in [1.54, 1.807) is 54.3 Å². The van der Waals surface area contributed by atoms with E-state index in [4.69, 9.17) is 4.74 Å². The number of aliphatic hydroxyl groups is 1. The molecule has 2 aromatic rings. The number of hydrogen-bond acceptors (Lipinski definition) is 6. The quantitative estimate of drug-likeness (QED) is 0.494. The molecule has 0 spiro atoms. The first-order valence-electron chi connectivity index (χ1n) is 14.1. The molecule has 0 saturated heterocycles. The summed E-state index contributed by atoms with van der Waals surface area (Å²) in [5.74, 6) is -0.569. The van der Waals surface area contributed by atoms with Gasteiger partial charge in [-0.15, -0.1) is 0 Å². The Kier molecular flexibility index (Phi) is 9.53. The first-order valence-corrected chi connectivity index (χ1v) is 15.5. The minimum Gasteiger partial charge on any atom is -0.486 e. The van der Waals surface area contributed by atoms with Crippen molar-refractivity contribution in [3.05, 3.63) is 53.6 Å². The van der Waals surface area contributed by atoms with Crippen molar-refractivity contribution in [2.24, 2.45) is 11.8 Å². The average Bonchev–Trinajstić information content (AvgIpc) is 2.95. The molecule has 218 valence electrons. The van der Waals surface area contributed by atoms with Crippen LogP contribution in [0.4, 0.5) is 5.69 Å². The summed E-state index contributed by atoms with van der Waals surface area (Å²) in [5.41, 5.74) is 1.62. The van der Waals surface area contributed by atoms with Crippen LogP contribution in [0.2, 0.25) is 0 Å². The third-order valence-electron chi connectivity index (χ3n) is 8.09. The summed E-state index contributed by atoms with van der Waals surface area (Å²) in [4.78, 5) is 28.6. The number of benzene rings is 2. The fraction of sp³-hybridized carbons (Fsp3) is 0.533. The van der Waals surface area contributed by atoms with Crippen LogP contribution in [0.5, 0.6) is 5.75 Å². The number of amides is 2. The number of ether oxygens (including phenoxy) is 1. The SMILES string of the molecule is Cc1ccc(S(=O)(=O)N(C)C[C@H]2Oc3c(NC(=O)C4CCCCC4)cccc3C(=O)N([C@H](C)CO)C[C@@H]2C)cc1. The lowest BCUT2D eigenvalue weighted by Crippen LogP contribution is -2.50. The number of anilines is 1. The number of hydrogen-bond donors (Lipinski definition) is 2. The van der Waals surface area contributed by atoms with E-state index in [0.29, 0.717) is 5.69 Å². The monoisotopic (exact) mass is 571 g/mol. The van der Waals surface area contributed by atoms with Crippen molar-refractivity contribution in [2.75, 3.05) is 32.1 Å². The number of aryl methyl sites for hydroxylation is 1. The molecule has 1 saturated carbocycles. The van der Waals surface area contributed by atoms with Crippen molar-refractivity contribution in [3.63, 3.8) is 0 Å². The molecule has 2 amide bonds. The minimum atomic E-state index is -3.80. The largest absolute Gasteiger partial charge is 0.486 e. The van der Waals surface area contributed by atoms with E-state index < -0.39 is 22.2 Å². The van der Waals surface area contributed by atoms with Gasteiger partial charge in [-0.1, -0.05) is 49.9 Å². The highest BCUT2D eigenvalue weighted by molar-refractivity contribution is 7.89. The maximum atomic E-state index is 13.7. The number of nitrogens with zero attached hydrogens (tertiary/aromatic N) is 2. The standard InChI is InChI=1S/C30H41N3O6S/c1-20-13-15-24(16-14-20)40(37,38)32(4)18-27-21(2)17-33(22(3)19-34)30(36)25-11-8-12-26(28(25)39-27)31-29(35)23-9-6-5-7-10-23/h8,11-16,21-23,27,34H,5-7,9-10,17-19H2,1-4H3,(H,31,35)/t21-,22+,27+/m0/s1. The molecule has 1 heterocycles. The van der Waals surface area contributed by atoms with Gasteiger partial charge in [0.15, 0.2) is 5.75 Å². The van der Waals surface area contributed by atoms with Crippen LogP contribution in [0.15, 0.2) is 47.4 Å². The second-order valence-corrected chi connectivity index (χ2v) is 13.3. The van der Waals surface area contributed by atoms with Gasteiger partial charge in [-0.2, -0.15) is 4.31 Å². The molecule has 2 aliphatic rings. The molecule has 3 atom stereocenters. The van der Waals surface area contributed by atoms with Gasteiger partial charge in [0, 0.05) is 25.4 Å². The Hall–Kier alpha value is -2.95. The van der Waals surface area contributed by atoms with Gasteiger partial charge in [-0.3, -0.25) is 9.59 Å².